The molecule has 2 heterocycles. The molecule has 2 fully saturated rings. The van der Waals surface area contributed by atoms with E-state index in [1.54, 1.807) is 6.07 Å². The van der Waals surface area contributed by atoms with Crippen molar-refractivity contribution < 1.29 is 14.3 Å². The highest BCUT2D eigenvalue weighted by atomic mass is 16.5. The van der Waals surface area contributed by atoms with E-state index in [1.165, 1.54) is 11.3 Å². The van der Waals surface area contributed by atoms with E-state index in [9.17, 15) is 9.59 Å². The molecule has 2 amide bonds. The number of nitrogens with zero attached hydrogens (tertiary/aromatic N) is 3. The van der Waals surface area contributed by atoms with E-state index in [1.807, 2.05) is 17.9 Å². The molecule has 0 aromatic heterocycles. The minimum Gasteiger partial charge on any atom is -0.493 e. The van der Waals surface area contributed by atoms with Crippen molar-refractivity contribution in [3.8, 4) is 5.75 Å². The molecule has 2 saturated heterocycles. The Hall–Kier alpha value is -3.42. The molecule has 36 heavy (non-hydrogen) atoms. The zero-order valence-electron chi connectivity index (χ0n) is 21.6. The Morgan fingerprint density at radius 3 is 2.44 bits per heavy atom. The predicted molar refractivity (Wildman–Crippen MR) is 145 cm³/mol. The number of amides is 2. The Morgan fingerprint density at radius 2 is 1.78 bits per heavy atom. The van der Waals surface area contributed by atoms with Gasteiger partial charge in [0, 0.05) is 64.0 Å². The first kappa shape index (κ1) is 25.7. The van der Waals surface area contributed by atoms with Crippen LogP contribution >= 0.6 is 0 Å². The van der Waals surface area contributed by atoms with Crippen LogP contribution in [0.2, 0.25) is 0 Å². The Kier molecular flexibility index (Phi) is 8.57. The number of piperazine rings is 1. The summed E-state index contributed by atoms with van der Waals surface area (Å²) in [4.78, 5) is 31.3. The number of hydrogen-bond donors (Lipinski definition) is 2. The SMILES string of the molecule is CCCOc1cc(N2CCN(c3ccccc3C)CC2)c(N)cc1C(=O)NCCCN1CCCC1=O. The van der Waals surface area contributed by atoms with Gasteiger partial charge in [-0.25, -0.2) is 0 Å². The second kappa shape index (κ2) is 12.0. The number of carbonyl (C=O) groups excluding carboxylic acids is 2. The molecule has 4 rings (SSSR count). The molecule has 3 N–H and O–H groups in total. The van der Waals surface area contributed by atoms with Gasteiger partial charge in [0.25, 0.3) is 5.91 Å². The van der Waals surface area contributed by atoms with Gasteiger partial charge in [0.1, 0.15) is 5.75 Å². The summed E-state index contributed by atoms with van der Waals surface area (Å²) in [7, 11) is 0. The zero-order chi connectivity index (χ0) is 25.5. The predicted octanol–water partition coefficient (Wildman–Crippen LogP) is 3.43. The topological polar surface area (TPSA) is 91.1 Å². The molecule has 8 heteroatoms. The van der Waals surface area contributed by atoms with Crippen LogP contribution in [0.1, 0.15) is 48.5 Å². The van der Waals surface area contributed by atoms with Crippen LogP contribution in [-0.4, -0.2) is 69.1 Å². The maximum absolute atomic E-state index is 13.0. The number of nitrogens with two attached hydrogens (primary N) is 1. The van der Waals surface area contributed by atoms with Crippen molar-refractivity contribution in [3.05, 3.63) is 47.5 Å². The number of rotatable bonds is 10. The molecule has 194 valence electrons. The Labute approximate surface area is 214 Å². The lowest BCUT2D eigenvalue weighted by molar-refractivity contribution is -0.127. The minimum absolute atomic E-state index is 0.198. The number of nitrogens with one attached hydrogen (secondary N) is 1. The van der Waals surface area contributed by atoms with Gasteiger partial charge >= 0.3 is 0 Å². The Bertz CT molecular complexity index is 1070. The third-order valence-corrected chi connectivity index (χ3v) is 6.97. The molecule has 8 nitrogen and oxygen atoms in total. The summed E-state index contributed by atoms with van der Waals surface area (Å²) in [6, 6.07) is 12.1. The Balaban J connectivity index is 1.40. The van der Waals surface area contributed by atoms with Crippen molar-refractivity contribution in [1.29, 1.82) is 0 Å². The molecular formula is C28H39N5O3. The third-order valence-electron chi connectivity index (χ3n) is 6.97. The number of anilines is 3. The number of aryl methyl sites for hydroxylation is 1. The number of carbonyl (C=O) groups is 2. The fourth-order valence-corrected chi connectivity index (χ4v) is 4.98. The lowest BCUT2D eigenvalue weighted by atomic mass is 10.1. The lowest BCUT2D eigenvalue weighted by Gasteiger charge is -2.38. The van der Waals surface area contributed by atoms with Gasteiger partial charge in [-0.1, -0.05) is 25.1 Å². The number of benzene rings is 2. The molecule has 2 aromatic carbocycles. The van der Waals surface area contributed by atoms with Crippen LogP contribution in [0.5, 0.6) is 5.75 Å². The number of nitrogen functional groups attached to an aromatic ring is 1. The fraction of sp³-hybridized carbons (Fsp3) is 0.500. The highest BCUT2D eigenvalue weighted by Gasteiger charge is 2.24. The fourth-order valence-electron chi connectivity index (χ4n) is 4.98. The third kappa shape index (κ3) is 6.04. The number of hydrogen-bond acceptors (Lipinski definition) is 6. The summed E-state index contributed by atoms with van der Waals surface area (Å²) in [6.45, 7) is 10.2. The van der Waals surface area contributed by atoms with E-state index in [-0.39, 0.29) is 11.8 Å². The summed E-state index contributed by atoms with van der Waals surface area (Å²) >= 11 is 0. The van der Waals surface area contributed by atoms with Gasteiger partial charge in [-0.05, 0) is 43.9 Å². The van der Waals surface area contributed by atoms with E-state index in [0.29, 0.717) is 43.1 Å². The van der Waals surface area contributed by atoms with E-state index < -0.39 is 0 Å². The minimum atomic E-state index is -0.198. The highest BCUT2D eigenvalue weighted by molar-refractivity contribution is 5.99. The molecular weight excluding hydrogens is 454 g/mol. The molecule has 0 unspecified atom stereocenters. The summed E-state index contributed by atoms with van der Waals surface area (Å²) in [5.41, 5.74) is 11.0. The van der Waals surface area contributed by atoms with Crippen LogP contribution in [0.15, 0.2) is 36.4 Å². The van der Waals surface area contributed by atoms with Gasteiger partial charge in [0.15, 0.2) is 0 Å². The smallest absolute Gasteiger partial charge is 0.255 e. The van der Waals surface area contributed by atoms with Crippen molar-refractivity contribution in [2.45, 2.75) is 39.5 Å². The average Bonchev–Trinajstić information content (AvgIpc) is 3.30. The molecule has 0 atom stereocenters. The molecule has 2 aromatic rings. The second-order valence-electron chi connectivity index (χ2n) is 9.61. The molecule has 2 aliphatic heterocycles. The monoisotopic (exact) mass is 493 g/mol. The van der Waals surface area contributed by atoms with Gasteiger partial charge < -0.3 is 30.5 Å². The largest absolute Gasteiger partial charge is 0.493 e. The maximum Gasteiger partial charge on any atom is 0.255 e. The number of para-hydroxylation sites is 1. The van der Waals surface area contributed by atoms with Crippen LogP contribution in [0.4, 0.5) is 17.1 Å². The van der Waals surface area contributed by atoms with Crippen molar-refractivity contribution in [2.24, 2.45) is 0 Å². The quantitative estimate of drug-likeness (QED) is 0.389. The standard InChI is InChI=1S/C28H39N5O3/c1-3-18-36-26-20-25(32-16-14-31(15-17-32)24-9-5-4-8-21(24)2)23(29)19-22(26)28(35)30-11-7-13-33-12-6-10-27(33)34/h4-5,8-9,19-20H,3,6-7,10-18,29H2,1-2H3,(H,30,35). The van der Waals surface area contributed by atoms with E-state index >= 15 is 0 Å². The van der Waals surface area contributed by atoms with Crippen molar-refractivity contribution in [3.63, 3.8) is 0 Å². The molecule has 0 aliphatic carbocycles. The first-order chi connectivity index (χ1) is 17.5. The number of ether oxygens (including phenoxy) is 1. The maximum atomic E-state index is 13.0. The van der Waals surface area contributed by atoms with Crippen LogP contribution in [0.3, 0.4) is 0 Å². The van der Waals surface area contributed by atoms with E-state index in [2.05, 4.69) is 46.3 Å². The molecule has 0 spiro atoms. The molecule has 2 aliphatic rings. The van der Waals surface area contributed by atoms with E-state index in [0.717, 1.165) is 57.7 Å². The summed E-state index contributed by atoms with van der Waals surface area (Å²) < 4.78 is 6.00. The first-order valence-corrected chi connectivity index (χ1v) is 13.2. The highest BCUT2D eigenvalue weighted by Crippen LogP contribution is 2.33. The molecule has 0 radical (unpaired) electrons. The Morgan fingerprint density at radius 1 is 1.06 bits per heavy atom. The van der Waals surface area contributed by atoms with E-state index in [4.69, 9.17) is 10.5 Å². The summed E-state index contributed by atoms with van der Waals surface area (Å²) in [5, 5.41) is 2.98. The average molecular weight is 494 g/mol. The number of likely N-dealkylation sites (tertiary alicyclic amines) is 1. The molecule has 0 saturated carbocycles. The van der Waals surface area contributed by atoms with Crippen LogP contribution < -0.4 is 25.6 Å². The van der Waals surface area contributed by atoms with Gasteiger partial charge in [0.2, 0.25) is 5.91 Å². The van der Waals surface area contributed by atoms with Crippen molar-refractivity contribution in [2.75, 3.05) is 68.0 Å². The zero-order valence-corrected chi connectivity index (χ0v) is 21.6. The van der Waals surface area contributed by atoms with Crippen molar-refractivity contribution in [1.82, 2.24) is 10.2 Å². The van der Waals surface area contributed by atoms with Crippen LogP contribution in [0, 0.1) is 6.92 Å². The molecule has 0 bridgehead atoms. The van der Waals surface area contributed by atoms with Crippen LogP contribution in [-0.2, 0) is 4.79 Å². The first-order valence-electron chi connectivity index (χ1n) is 13.2. The van der Waals surface area contributed by atoms with Crippen molar-refractivity contribution >= 4 is 28.9 Å². The van der Waals surface area contributed by atoms with Gasteiger partial charge in [0.05, 0.1) is 23.5 Å². The van der Waals surface area contributed by atoms with Gasteiger partial charge in [-0.15, -0.1) is 0 Å². The summed E-state index contributed by atoms with van der Waals surface area (Å²) in [5.74, 6) is 0.575. The van der Waals surface area contributed by atoms with Gasteiger partial charge in [-0.2, -0.15) is 0 Å². The normalized spacial score (nSPS) is 15.9. The summed E-state index contributed by atoms with van der Waals surface area (Å²) in [6.07, 6.45) is 3.13. The second-order valence-corrected chi connectivity index (χ2v) is 9.61. The lowest BCUT2D eigenvalue weighted by Crippen LogP contribution is -2.47. The van der Waals surface area contributed by atoms with Crippen LogP contribution in [0.25, 0.3) is 0 Å². The van der Waals surface area contributed by atoms with Gasteiger partial charge in [-0.3, -0.25) is 9.59 Å².